The highest BCUT2D eigenvalue weighted by atomic mass is 16.3. The summed E-state index contributed by atoms with van der Waals surface area (Å²) in [5, 5.41) is 12.6. The second kappa shape index (κ2) is 8.00. The molecular weight excluding hydrogens is 432 g/mol. The van der Waals surface area contributed by atoms with E-state index in [0.29, 0.717) is 29.7 Å². The minimum Gasteiger partial charge on any atom is -0.508 e. The first-order valence-corrected chi connectivity index (χ1v) is 13.1. The van der Waals surface area contributed by atoms with Gasteiger partial charge >= 0.3 is 0 Å². The minimum absolute atomic E-state index is 0.327. The Balaban J connectivity index is 1.18. The van der Waals surface area contributed by atoms with Gasteiger partial charge < -0.3 is 15.1 Å². The Morgan fingerprint density at radius 2 is 1.94 bits per heavy atom. The molecule has 4 unspecified atom stereocenters. The third kappa shape index (κ3) is 3.36. The van der Waals surface area contributed by atoms with Gasteiger partial charge in [0.1, 0.15) is 5.75 Å². The van der Waals surface area contributed by atoms with E-state index in [9.17, 15) is 5.11 Å². The number of H-pyrrole nitrogens is 2. The van der Waals surface area contributed by atoms with Crippen LogP contribution >= 0.6 is 0 Å². The largest absolute Gasteiger partial charge is 0.508 e. The zero-order chi connectivity index (χ0) is 23.7. The standard InChI is InChI=1S/C30H34N4O/c1-3-18-16-34-17-25-23-9-8-21(35)15-28(23)31-27(25)14-20(34)12-19(18)13-29-30-24(10-11-33(29)2)22-6-4-5-7-26(22)32-30/h3-9,15,18-20,29,31-32,35H,1,10-14,16-17H2,2H3. The molecule has 2 aromatic heterocycles. The molecule has 0 aliphatic carbocycles. The molecule has 5 heteroatoms. The van der Waals surface area contributed by atoms with Crippen molar-refractivity contribution in [3.63, 3.8) is 0 Å². The van der Waals surface area contributed by atoms with Crippen molar-refractivity contribution in [3.8, 4) is 5.75 Å². The van der Waals surface area contributed by atoms with Crippen molar-refractivity contribution in [2.75, 3.05) is 20.1 Å². The number of aromatic amines is 2. The highest BCUT2D eigenvalue weighted by Gasteiger charge is 2.40. The van der Waals surface area contributed by atoms with Gasteiger partial charge in [-0.15, -0.1) is 6.58 Å². The highest BCUT2D eigenvalue weighted by Crippen LogP contribution is 2.44. The number of fused-ring (bicyclic) bond motifs is 7. The number of hydrogen-bond donors (Lipinski definition) is 3. The smallest absolute Gasteiger partial charge is 0.117 e. The van der Waals surface area contributed by atoms with Crippen LogP contribution in [0.25, 0.3) is 21.8 Å². The number of nitrogens with one attached hydrogen (secondary N) is 2. The van der Waals surface area contributed by atoms with E-state index in [1.165, 1.54) is 51.6 Å². The fourth-order valence-corrected chi connectivity index (χ4v) is 7.30. The summed E-state index contributed by atoms with van der Waals surface area (Å²) >= 11 is 0. The van der Waals surface area contributed by atoms with Crippen molar-refractivity contribution in [1.82, 2.24) is 19.8 Å². The van der Waals surface area contributed by atoms with Crippen LogP contribution in [0.2, 0.25) is 0 Å². The van der Waals surface area contributed by atoms with Gasteiger partial charge in [0.2, 0.25) is 0 Å². The lowest BCUT2D eigenvalue weighted by molar-refractivity contribution is 0.0471. The molecule has 7 rings (SSSR count). The molecule has 35 heavy (non-hydrogen) atoms. The maximum absolute atomic E-state index is 9.94. The number of benzene rings is 2. The molecule has 1 fully saturated rings. The third-order valence-electron chi connectivity index (χ3n) is 9.18. The molecule has 0 spiro atoms. The number of phenols is 1. The fraction of sp³-hybridized carbons (Fsp3) is 0.400. The van der Waals surface area contributed by atoms with Gasteiger partial charge in [0, 0.05) is 71.4 Å². The minimum atomic E-state index is 0.327. The van der Waals surface area contributed by atoms with E-state index < -0.39 is 0 Å². The summed E-state index contributed by atoms with van der Waals surface area (Å²) in [4.78, 5) is 12.7. The van der Waals surface area contributed by atoms with Crippen LogP contribution < -0.4 is 0 Å². The van der Waals surface area contributed by atoms with Crippen LogP contribution in [-0.2, 0) is 19.4 Å². The maximum atomic E-state index is 9.94. The zero-order valence-corrected chi connectivity index (χ0v) is 20.4. The van der Waals surface area contributed by atoms with Gasteiger partial charge in [-0.05, 0) is 67.5 Å². The molecule has 4 aromatic rings. The van der Waals surface area contributed by atoms with E-state index in [1.54, 1.807) is 6.07 Å². The van der Waals surface area contributed by atoms with Crippen LogP contribution in [-0.4, -0.2) is 51.1 Å². The van der Waals surface area contributed by atoms with Crippen molar-refractivity contribution in [2.24, 2.45) is 11.8 Å². The summed E-state index contributed by atoms with van der Waals surface area (Å²) in [6, 6.07) is 15.5. The van der Waals surface area contributed by atoms with Gasteiger partial charge in [-0.3, -0.25) is 9.80 Å². The first-order chi connectivity index (χ1) is 17.1. The Labute approximate surface area is 206 Å². The van der Waals surface area contributed by atoms with Gasteiger partial charge in [0.05, 0.1) is 6.04 Å². The van der Waals surface area contributed by atoms with Crippen LogP contribution in [0.1, 0.15) is 41.4 Å². The summed E-state index contributed by atoms with van der Waals surface area (Å²) in [5.41, 5.74) is 8.06. The van der Waals surface area contributed by atoms with Gasteiger partial charge in [0.15, 0.2) is 0 Å². The lowest BCUT2D eigenvalue weighted by atomic mass is 9.74. The number of hydrogen-bond acceptors (Lipinski definition) is 3. The lowest BCUT2D eigenvalue weighted by Crippen LogP contribution is -2.50. The molecule has 180 valence electrons. The molecule has 0 radical (unpaired) electrons. The van der Waals surface area contributed by atoms with Crippen LogP contribution in [0, 0.1) is 11.8 Å². The lowest BCUT2D eigenvalue weighted by Gasteiger charge is -2.47. The van der Waals surface area contributed by atoms with E-state index in [-0.39, 0.29) is 0 Å². The van der Waals surface area contributed by atoms with Crippen LogP contribution in [0.4, 0.5) is 0 Å². The molecule has 2 aromatic carbocycles. The van der Waals surface area contributed by atoms with E-state index in [0.717, 1.165) is 38.0 Å². The van der Waals surface area contributed by atoms with Crippen molar-refractivity contribution in [3.05, 3.63) is 77.6 Å². The second-order valence-electron chi connectivity index (χ2n) is 11.0. The summed E-state index contributed by atoms with van der Waals surface area (Å²) < 4.78 is 0. The average Bonchev–Trinajstić information content (AvgIpc) is 3.41. The molecule has 5 nitrogen and oxygen atoms in total. The number of aromatic nitrogens is 2. The number of phenolic OH excluding ortho intramolecular Hbond substituents is 1. The first kappa shape index (κ1) is 21.3. The first-order valence-electron chi connectivity index (χ1n) is 13.1. The van der Waals surface area contributed by atoms with E-state index in [1.807, 2.05) is 6.07 Å². The summed E-state index contributed by atoms with van der Waals surface area (Å²) in [5.74, 6) is 1.45. The fourth-order valence-electron chi connectivity index (χ4n) is 7.30. The number of para-hydroxylation sites is 1. The topological polar surface area (TPSA) is 58.3 Å². The number of likely N-dealkylation sites (N-methyl/N-ethyl adjacent to an activating group) is 1. The molecule has 5 heterocycles. The second-order valence-corrected chi connectivity index (χ2v) is 11.0. The SMILES string of the molecule is C=CC1CN2Cc3c([nH]c4cc(O)ccc34)CC2CC1CC1c2[nH]c3ccccc3c2CCN1C. The van der Waals surface area contributed by atoms with Crippen LogP contribution in [0.15, 0.2) is 55.1 Å². The monoisotopic (exact) mass is 466 g/mol. The Hall–Kier alpha value is -3.02. The average molecular weight is 467 g/mol. The van der Waals surface area contributed by atoms with Crippen molar-refractivity contribution in [2.45, 2.75) is 44.3 Å². The molecule has 3 N–H and O–H groups in total. The predicted octanol–water partition coefficient (Wildman–Crippen LogP) is 5.52. The molecule has 0 saturated carbocycles. The summed E-state index contributed by atoms with van der Waals surface area (Å²) in [6.45, 7) is 7.46. The molecule has 1 saturated heterocycles. The van der Waals surface area contributed by atoms with E-state index in [2.05, 4.69) is 69.8 Å². The Morgan fingerprint density at radius 3 is 2.83 bits per heavy atom. The predicted molar refractivity (Wildman–Crippen MR) is 142 cm³/mol. The number of aromatic hydroxyl groups is 1. The maximum Gasteiger partial charge on any atom is 0.117 e. The van der Waals surface area contributed by atoms with E-state index in [4.69, 9.17) is 0 Å². The normalized spacial score (nSPS) is 27.0. The highest BCUT2D eigenvalue weighted by molar-refractivity contribution is 5.86. The molecule has 3 aliphatic rings. The molecule has 0 bridgehead atoms. The summed E-state index contributed by atoms with van der Waals surface area (Å²) in [6.07, 6.45) is 6.78. The van der Waals surface area contributed by atoms with Crippen molar-refractivity contribution in [1.29, 1.82) is 0 Å². The quantitative estimate of drug-likeness (QED) is 0.348. The number of piperidine rings is 1. The van der Waals surface area contributed by atoms with Crippen molar-refractivity contribution < 1.29 is 5.11 Å². The number of nitrogens with zero attached hydrogens (tertiary/aromatic N) is 2. The Bertz CT molecular complexity index is 1430. The Kier molecular flexibility index (Phi) is 4.87. The Morgan fingerprint density at radius 1 is 1.09 bits per heavy atom. The van der Waals surface area contributed by atoms with Crippen molar-refractivity contribution >= 4 is 21.8 Å². The van der Waals surface area contributed by atoms with E-state index >= 15 is 0 Å². The molecule has 4 atom stereocenters. The third-order valence-corrected chi connectivity index (χ3v) is 9.18. The van der Waals surface area contributed by atoms with Gasteiger partial charge in [-0.2, -0.15) is 0 Å². The number of rotatable bonds is 3. The summed E-state index contributed by atoms with van der Waals surface area (Å²) in [7, 11) is 2.30. The van der Waals surface area contributed by atoms with Gasteiger partial charge in [-0.25, -0.2) is 0 Å². The molecule has 0 amide bonds. The molecular formula is C30H34N4O. The van der Waals surface area contributed by atoms with Gasteiger partial charge in [0.25, 0.3) is 0 Å². The zero-order valence-electron chi connectivity index (χ0n) is 20.4. The van der Waals surface area contributed by atoms with Gasteiger partial charge in [-0.1, -0.05) is 24.3 Å². The molecule has 3 aliphatic heterocycles. The van der Waals surface area contributed by atoms with Crippen LogP contribution in [0.5, 0.6) is 5.75 Å². The van der Waals surface area contributed by atoms with Crippen LogP contribution in [0.3, 0.4) is 0 Å².